The summed E-state index contributed by atoms with van der Waals surface area (Å²) in [6.45, 7) is 1.88. The number of nitrogens with zero attached hydrogens (tertiary/aromatic N) is 1. The van der Waals surface area contributed by atoms with Crippen LogP contribution < -0.4 is 5.32 Å². The number of rotatable bonds is 3. The Morgan fingerprint density at radius 3 is 2.81 bits per heavy atom. The van der Waals surface area contributed by atoms with Gasteiger partial charge in [-0.1, -0.05) is 0 Å². The molecule has 1 heterocycles. The maximum atomic E-state index is 12.2. The van der Waals surface area contributed by atoms with Gasteiger partial charge in [-0.3, -0.25) is 9.59 Å². The molecule has 6 heteroatoms. The maximum absolute atomic E-state index is 12.2. The van der Waals surface area contributed by atoms with Gasteiger partial charge in [0.15, 0.2) is 0 Å². The molecule has 0 saturated heterocycles. The van der Waals surface area contributed by atoms with Crippen LogP contribution in [0.1, 0.15) is 25.1 Å². The number of carbonyl (C=O) groups is 2. The fourth-order valence-electron chi connectivity index (χ4n) is 2.90. The molecule has 21 heavy (non-hydrogen) atoms. The molecule has 0 bridgehead atoms. The number of aliphatic carboxylic acids is 1. The lowest BCUT2D eigenvalue weighted by Gasteiger charge is -2.10. The zero-order valence-corrected chi connectivity index (χ0v) is 11.7. The minimum Gasteiger partial charge on any atom is -0.481 e. The Balaban J connectivity index is 1.70. The van der Waals surface area contributed by atoms with E-state index in [9.17, 15) is 9.59 Å². The zero-order valence-electron chi connectivity index (χ0n) is 11.7. The third kappa shape index (κ3) is 2.74. The number of carbonyl (C=O) groups excluding carboxylic acids is 1. The average molecular weight is 287 g/mol. The van der Waals surface area contributed by atoms with E-state index in [1.165, 1.54) is 0 Å². The lowest BCUT2D eigenvalue weighted by atomic mass is 10.0. The number of benzene rings is 1. The van der Waals surface area contributed by atoms with Crippen LogP contribution in [-0.4, -0.2) is 27.0 Å². The molecule has 1 aromatic heterocycles. The summed E-state index contributed by atoms with van der Waals surface area (Å²) < 4.78 is 0. The molecule has 1 amide bonds. The molecule has 0 spiro atoms. The van der Waals surface area contributed by atoms with Crippen LogP contribution in [0.25, 0.3) is 11.0 Å². The highest BCUT2D eigenvalue weighted by atomic mass is 16.4. The summed E-state index contributed by atoms with van der Waals surface area (Å²) in [4.78, 5) is 30.6. The highest BCUT2D eigenvalue weighted by Crippen LogP contribution is 2.32. The van der Waals surface area contributed by atoms with Crippen LogP contribution in [-0.2, 0) is 9.59 Å². The number of aromatic amines is 1. The normalized spacial score (nSPS) is 21.6. The topological polar surface area (TPSA) is 95.1 Å². The predicted octanol–water partition coefficient (Wildman–Crippen LogP) is 2.31. The Morgan fingerprint density at radius 2 is 2.10 bits per heavy atom. The second-order valence-electron chi connectivity index (χ2n) is 5.59. The molecule has 2 unspecified atom stereocenters. The van der Waals surface area contributed by atoms with Crippen LogP contribution in [0.5, 0.6) is 0 Å². The van der Waals surface area contributed by atoms with E-state index < -0.39 is 11.9 Å². The summed E-state index contributed by atoms with van der Waals surface area (Å²) >= 11 is 0. The van der Waals surface area contributed by atoms with Crippen molar-refractivity contribution in [2.24, 2.45) is 11.8 Å². The fourth-order valence-corrected chi connectivity index (χ4v) is 2.90. The third-order valence-corrected chi connectivity index (χ3v) is 4.02. The average Bonchev–Trinajstić information content (AvgIpc) is 3.03. The van der Waals surface area contributed by atoms with Crippen LogP contribution in [0.15, 0.2) is 18.2 Å². The number of aromatic nitrogens is 2. The van der Waals surface area contributed by atoms with Gasteiger partial charge in [0.05, 0.1) is 17.0 Å². The molecule has 6 nitrogen and oxygen atoms in total. The van der Waals surface area contributed by atoms with E-state index in [1.54, 1.807) is 0 Å². The highest BCUT2D eigenvalue weighted by Gasteiger charge is 2.33. The van der Waals surface area contributed by atoms with Gasteiger partial charge in [0.1, 0.15) is 5.82 Å². The maximum Gasteiger partial charge on any atom is 0.306 e. The first-order valence-electron chi connectivity index (χ1n) is 7.03. The van der Waals surface area contributed by atoms with E-state index >= 15 is 0 Å². The summed E-state index contributed by atoms with van der Waals surface area (Å²) in [5.41, 5.74) is 2.44. The van der Waals surface area contributed by atoms with Gasteiger partial charge in [0, 0.05) is 11.6 Å². The van der Waals surface area contributed by atoms with Crippen molar-refractivity contribution in [3.8, 4) is 0 Å². The van der Waals surface area contributed by atoms with Gasteiger partial charge in [-0.05, 0) is 44.4 Å². The van der Waals surface area contributed by atoms with Crippen molar-refractivity contribution in [3.05, 3.63) is 24.0 Å². The monoisotopic (exact) mass is 287 g/mol. The Hall–Kier alpha value is -2.37. The van der Waals surface area contributed by atoms with Crippen LogP contribution in [0, 0.1) is 18.8 Å². The molecule has 1 saturated carbocycles. The molecular formula is C15H17N3O3. The van der Waals surface area contributed by atoms with Crippen LogP contribution in [0.4, 0.5) is 5.69 Å². The highest BCUT2D eigenvalue weighted by molar-refractivity contribution is 5.95. The molecule has 3 rings (SSSR count). The molecule has 1 aliphatic carbocycles. The fraction of sp³-hybridized carbons (Fsp3) is 0.400. The number of aryl methyl sites for hydroxylation is 1. The van der Waals surface area contributed by atoms with Gasteiger partial charge in [-0.25, -0.2) is 4.98 Å². The lowest BCUT2D eigenvalue weighted by molar-refractivity contribution is -0.141. The minimum absolute atomic E-state index is 0.102. The first kappa shape index (κ1) is 13.6. The van der Waals surface area contributed by atoms with Crippen molar-refractivity contribution in [3.63, 3.8) is 0 Å². The van der Waals surface area contributed by atoms with Crippen molar-refractivity contribution in [1.82, 2.24) is 9.97 Å². The number of carboxylic acids is 1. The first-order chi connectivity index (χ1) is 10.0. The van der Waals surface area contributed by atoms with Gasteiger partial charge < -0.3 is 15.4 Å². The van der Waals surface area contributed by atoms with E-state index in [0.29, 0.717) is 24.9 Å². The van der Waals surface area contributed by atoms with Crippen molar-refractivity contribution >= 4 is 28.6 Å². The van der Waals surface area contributed by atoms with Crippen molar-refractivity contribution in [1.29, 1.82) is 0 Å². The predicted molar refractivity (Wildman–Crippen MR) is 77.9 cm³/mol. The number of nitrogens with one attached hydrogen (secondary N) is 2. The Bertz CT molecular complexity index is 707. The van der Waals surface area contributed by atoms with E-state index in [2.05, 4.69) is 15.3 Å². The standard InChI is InChI=1S/C15H17N3O3/c1-8-16-12-5-4-11(7-13(12)17-8)18-14(19)9-2-3-10(6-9)15(20)21/h4-5,7,9-10H,2-3,6H2,1H3,(H,16,17)(H,18,19)(H,20,21). The smallest absolute Gasteiger partial charge is 0.306 e. The lowest BCUT2D eigenvalue weighted by Crippen LogP contribution is -2.21. The number of imidazole rings is 1. The molecule has 2 atom stereocenters. The summed E-state index contributed by atoms with van der Waals surface area (Å²) in [6.07, 6.45) is 1.63. The number of hydrogen-bond acceptors (Lipinski definition) is 3. The number of fused-ring (bicyclic) bond motifs is 1. The molecule has 2 aromatic rings. The Labute approximate surface area is 121 Å². The van der Waals surface area contributed by atoms with E-state index in [1.807, 2.05) is 25.1 Å². The van der Waals surface area contributed by atoms with Crippen LogP contribution in [0.3, 0.4) is 0 Å². The van der Waals surface area contributed by atoms with E-state index in [4.69, 9.17) is 5.11 Å². The van der Waals surface area contributed by atoms with Crippen molar-refractivity contribution < 1.29 is 14.7 Å². The summed E-state index contributed by atoms with van der Waals surface area (Å²) in [7, 11) is 0. The summed E-state index contributed by atoms with van der Waals surface area (Å²) in [5.74, 6) is -0.689. The second kappa shape index (κ2) is 5.20. The van der Waals surface area contributed by atoms with E-state index in [0.717, 1.165) is 16.9 Å². The Kier molecular flexibility index (Phi) is 3.37. The molecule has 0 radical (unpaired) electrons. The number of hydrogen-bond donors (Lipinski definition) is 3. The Morgan fingerprint density at radius 1 is 1.33 bits per heavy atom. The molecule has 3 N–H and O–H groups in total. The first-order valence-corrected chi connectivity index (χ1v) is 7.03. The van der Waals surface area contributed by atoms with Crippen LogP contribution >= 0.6 is 0 Å². The third-order valence-electron chi connectivity index (χ3n) is 4.02. The van der Waals surface area contributed by atoms with Gasteiger partial charge in [-0.2, -0.15) is 0 Å². The largest absolute Gasteiger partial charge is 0.481 e. The van der Waals surface area contributed by atoms with Gasteiger partial charge in [-0.15, -0.1) is 0 Å². The van der Waals surface area contributed by atoms with Gasteiger partial charge in [0.25, 0.3) is 0 Å². The number of carboxylic acid groups (broad SMARTS) is 1. The van der Waals surface area contributed by atoms with Gasteiger partial charge >= 0.3 is 5.97 Å². The molecule has 1 aromatic carbocycles. The molecule has 1 fully saturated rings. The molecule has 110 valence electrons. The number of anilines is 1. The SMILES string of the molecule is Cc1nc2ccc(NC(=O)C3CCC(C(=O)O)C3)cc2[nH]1. The van der Waals surface area contributed by atoms with Crippen LogP contribution in [0.2, 0.25) is 0 Å². The molecule has 1 aliphatic rings. The minimum atomic E-state index is -0.806. The second-order valence-corrected chi connectivity index (χ2v) is 5.59. The van der Waals surface area contributed by atoms with Crippen molar-refractivity contribution in [2.45, 2.75) is 26.2 Å². The summed E-state index contributed by atoms with van der Waals surface area (Å²) in [6, 6.07) is 5.50. The molecule has 0 aliphatic heterocycles. The molecular weight excluding hydrogens is 270 g/mol. The van der Waals surface area contributed by atoms with Gasteiger partial charge in [0.2, 0.25) is 5.91 Å². The number of amides is 1. The summed E-state index contributed by atoms with van der Waals surface area (Å²) in [5, 5.41) is 11.8. The quantitative estimate of drug-likeness (QED) is 0.807. The number of H-pyrrole nitrogens is 1. The zero-order chi connectivity index (χ0) is 15.0. The van der Waals surface area contributed by atoms with Crippen molar-refractivity contribution in [2.75, 3.05) is 5.32 Å². The van der Waals surface area contributed by atoms with E-state index in [-0.39, 0.29) is 11.8 Å².